The average molecular weight is 182 g/mol. The van der Waals surface area contributed by atoms with Crippen LogP contribution in [0.4, 0.5) is 4.79 Å². The summed E-state index contributed by atoms with van der Waals surface area (Å²) in [6.45, 7) is 4.41. The van der Waals surface area contributed by atoms with Crippen LogP contribution in [0, 0.1) is 0 Å². The minimum atomic E-state index is -0.156. The molecule has 1 unspecified atom stereocenters. The van der Waals surface area contributed by atoms with Gasteiger partial charge in [-0.25, -0.2) is 4.79 Å². The minimum absolute atomic E-state index is 0.0229. The lowest BCUT2D eigenvalue weighted by molar-refractivity contribution is 0.238. The van der Waals surface area contributed by atoms with Gasteiger partial charge in [0.2, 0.25) is 0 Å². The molecule has 72 valence electrons. The third kappa shape index (κ3) is 2.77. The Labute approximate surface area is 76.9 Å². The maximum absolute atomic E-state index is 11.1. The Kier molecular flexibility index (Phi) is 3.31. The van der Waals surface area contributed by atoms with E-state index in [1.165, 1.54) is 0 Å². The predicted octanol–water partition coefficient (Wildman–Crippen LogP) is 0.790. The van der Waals surface area contributed by atoms with Gasteiger partial charge < -0.3 is 10.6 Å². The summed E-state index contributed by atoms with van der Waals surface area (Å²) >= 11 is 0. The van der Waals surface area contributed by atoms with Crippen molar-refractivity contribution < 1.29 is 4.79 Å². The molecule has 1 heterocycles. The Morgan fingerprint density at radius 2 is 2.54 bits per heavy atom. The number of nitrogens with zero attached hydrogens (tertiary/aromatic N) is 1. The van der Waals surface area contributed by atoms with Crippen LogP contribution < -0.4 is 10.6 Å². The van der Waals surface area contributed by atoms with E-state index in [2.05, 4.69) is 20.8 Å². The van der Waals surface area contributed by atoms with Crippen molar-refractivity contribution >= 4 is 6.03 Å². The molecule has 0 aromatic carbocycles. The number of amides is 2. The lowest BCUT2D eigenvalue weighted by Gasteiger charge is -2.11. The molecule has 3 N–H and O–H groups in total. The molecular formula is C8H14N4O. The molecular weight excluding hydrogens is 168 g/mol. The van der Waals surface area contributed by atoms with E-state index in [0.29, 0.717) is 6.54 Å². The van der Waals surface area contributed by atoms with Crippen molar-refractivity contribution in [3.8, 4) is 0 Å². The van der Waals surface area contributed by atoms with E-state index >= 15 is 0 Å². The largest absolute Gasteiger partial charge is 0.338 e. The molecule has 0 aliphatic carbocycles. The molecule has 0 aliphatic rings. The van der Waals surface area contributed by atoms with Crippen LogP contribution in [0.1, 0.15) is 25.5 Å². The molecule has 0 fully saturated rings. The third-order valence-corrected chi connectivity index (χ3v) is 1.70. The Bertz CT molecular complexity index is 257. The maximum atomic E-state index is 11.1. The van der Waals surface area contributed by atoms with Crippen molar-refractivity contribution in [2.75, 3.05) is 6.54 Å². The van der Waals surface area contributed by atoms with Crippen LogP contribution in [-0.4, -0.2) is 22.8 Å². The van der Waals surface area contributed by atoms with Gasteiger partial charge in [0.1, 0.15) is 0 Å². The first-order chi connectivity index (χ1) is 6.24. The molecule has 0 saturated heterocycles. The lowest BCUT2D eigenvalue weighted by atomic mass is 10.2. The molecule has 1 aromatic heterocycles. The number of hydrogen-bond donors (Lipinski definition) is 3. The predicted molar refractivity (Wildman–Crippen MR) is 49.2 cm³/mol. The zero-order valence-corrected chi connectivity index (χ0v) is 7.79. The zero-order chi connectivity index (χ0) is 9.68. The Morgan fingerprint density at radius 3 is 3.08 bits per heavy atom. The van der Waals surface area contributed by atoms with Gasteiger partial charge in [-0.15, -0.1) is 0 Å². The molecule has 0 bridgehead atoms. The summed E-state index contributed by atoms with van der Waals surface area (Å²) < 4.78 is 0. The van der Waals surface area contributed by atoms with E-state index in [-0.39, 0.29) is 12.1 Å². The minimum Gasteiger partial charge on any atom is -0.338 e. The first-order valence-electron chi connectivity index (χ1n) is 4.27. The molecule has 0 radical (unpaired) electrons. The summed E-state index contributed by atoms with van der Waals surface area (Å²) in [4.78, 5) is 11.1. The number of nitrogens with one attached hydrogen (secondary N) is 3. The van der Waals surface area contributed by atoms with Crippen molar-refractivity contribution in [3.63, 3.8) is 0 Å². The molecule has 1 rings (SSSR count). The summed E-state index contributed by atoms with van der Waals surface area (Å²) in [5.41, 5.74) is 0.964. The first-order valence-corrected chi connectivity index (χ1v) is 4.27. The monoisotopic (exact) mass is 182 g/mol. The Balaban J connectivity index is 2.42. The second-order valence-corrected chi connectivity index (χ2v) is 2.76. The van der Waals surface area contributed by atoms with Gasteiger partial charge in [0, 0.05) is 18.3 Å². The van der Waals surface area contributed by atoms with Crippen LogP contribution in [0.15, 0.2) is 12.4 Å². The van der Waals surface area contributed by atoms with Crippen LogP contribution >= 0.6 is 0 Å². The van der Waals surface area contributed by atoms with Crippen molar-refractivity contribution in [2.45, 2.75) is 19.9 Å². The highest BCUT2D eigenvalue weighted by Gasteiger charge is 2.08. The van der Waals surface area contributed by atoms with E-state index in [9.17, 15) is 4.79 Å². The SMILES string of the molecule is CCNC(=O)NC(C)c1cn[nH]c1. The topological polar surface area (TPSA) is 69.8 Å². The fourth-order valence-electron chi connectivity index (χ4n) is 0.989. The van der Waals surface area contributed by atoms with Gasteiger partial charge in [-0.3, -0.25) is 5.10 Å². The smallest absolute Gasteiger partial charge is 0.315 e. The fourth-order valence-corrected chi connectivity index (χ4v) is 0.989. The van der Waals surface area contributed by atoms with Gasteiger partial charge >= 0.3 is 6.03 Å². The number of aromatic amines is 1. The van der Waals surface area contributed by atoms with Crippen molar-refractivity contribution in [2.24, 2.45) is 0 Å². The van der Waals surface area contributed by atoms with Gasteiger partial charge in [0.15, 0.2) is 0 Å². The second kappa shape index (κ2) is 4.49. The van der Waals surface area contributed by atoms with Gasteiger partial charge in [0.25, 0.3) is 0 Å². The highest BCUT2D eigenvalue weighted by atomic mass is 16.2. The number of rotatable bonds is 3. The standard InChI is InChI=1S/C8H14N4O/c1-3-9-8(13)12-6(2)7-4-10-11-5-7/h4-6H,3H2,1-2H3,(H,10,11)(H2,9,12,13). The molecule has 5 nitrogen and oxygen atoms in total. The molecule has 5 heteroatoms. The first kappa shape index (κ1) is 9.57. The maximum Gasteiger partial charge on any atom is 0.315 e. The van der Waals surface area contributed by atoms with Gasteiger partial charge in [-0.2, -0.15) is 5.10 Å². The van der Waals surface area contributed by atoms with Crippen LogP contribution in [-0.2, 0) is 0 Å². The van der Waals surface area contributed by atoms with E-state index in [0.717, 1.165) is 5.56 Å². The molecule has 0 spiro atoms. The normalized spacial score (nSPS) is 12.2. The van der Waals surface area contributed by atoms with Crippen molar-refractivity contribution in [1.82, 2.24) is 20.8 Å². The fraction of sp³-hybridized carbons (Fsp3) is 0.500. The lowest BCUT2D eigenvalue weighted by Crippen LogP contribution is -2.36. The molecule has 13 heavy (non-hydrogen) atoms. The van der Waals surface area contributed by atoms with E-state index in [1.807, 2.05) is 13.8 Å². The number of hydrogen-bond acceptors (Lipinski definition) is 2. The molecule has 1 aromatic rings. The molecule has 0 saturated carbocycles. The number of aromatic nitrogens is 2. The summed E-state index contributed by atoms with van der Waals surface area (Å²) in [6, 6.07) is -0.179. The van der Waals surface area contributed by atoms with E-state index < -0.39 is 0 Å². The van der Waals surface area contributed by atoms with Crippen LogP contribution in [0.25, 0.3) is 0 Å². The van der Waals surface area contributed by atoms with Crippen LogP contribution in [0.5, 0.6) is 0 Å². The zero-order valence-electron chi connectivity index (χ0n) is 7.79. The highest BCUT2D eigenvalue weighted by Crippen LogP contribution is 2.07. The third-order valence-electron chi connectivity index (χ3n) is 1.70. The number of carbonyl (C=O) groups is 1. The van der Waals surface area contributed by atoms with Gasteiger partial charge in [-0.1, -0.05) is 0 Å². The van der Waals surface area contributed by atoms with Crippen molar-refractivity contribution in [3.05, 3.63) is 18.0 Å². The molecule has 2 amide bonds. The van der Waals surface area contributed by atoms with E-state index in [1.54, 1.807) is 12.4 Å². The highest BCUT2D eigenvalue weighted by molar-refractivity contribution is 5.74. The van der Waals surface area contributed by atoms with Crippen molar-refractivity contribution in [1.29, 1.82) is 0 Å². The average Bonchev–Trinajstić information content (AvgIpc) is 2.55. The van der Waals surface area contributed by atoms with Crippen LogP contribution in [0.2, 0.25) is 0 Å². The quantitative estimate of drug-likeness (QED) is 0.646. The second-order valence-electron chi connectivity index (χ2n) is 2.76. The molecule has 1 atom stereocenters. The summed E-state index contributed by atoms with van der Waals surface area (Å²) in [5.74, 6) is 0. The molecule has 0 aliphatic heterocycles. The Hall–Kier alpha value is -1.52. The van der Waals surface area contributed by atoms with Gasteiger partial charge in [0.05, 0.1) is 12.2 Å². The van der Waals surface area contributed by atoms with Crippen LogP contribution in [0.3, 0.4) is 0 Å². The number of carbonyl (C=O) groups excluding carboxylic acids is 1. The van der Waals surface area contributed by atoms with E-state index in [4.69, 9.17) is 0 Å². The summed E-state index contributed by atoms with van der Waals surface area (Å²) in [7, 11) is 0. The summed E-state index contributed by atoms with van der Waals surface area (Å²) in [5, 5.41) is 11.9. The summed E-state index contributed by atoms with van der Waals surface area (Å²) in [6.07, 6.45) is 3.45. The van der Waals surface area contributed by atoms with Gasteiger partial charge in [-0.05, 0) is 13.8 Å². The number of urea groups is 1. The Morgan fingerprint density at radius 1 is 1.77 bits per heavy atom. The number of H-pyrrole nitrogens is 1.